The van der Waals surface area contributed by atoms with Crippen LogP contribution in [0.1, 0.15) is 43.2 Å². The van der Waals surface area contributed by atoms with Gasteiger partial charge >= 0.3 is 0 Å². The van der Waals surface area contributed by atoms with Crippen molar-refractivity contribution in [2.24, 2.45) is 0 Å². The Morgan fingerprint density at radius 2 is 1.68 bits per heavy atom. The van der Waals surface area contributed by atoms with Crippen LogP contribution in [0.2, 0.25) is 0 Å². The minimum atomic E-state index is -3.50. The Bertz CT molecular complexity index is 727. The third-order valence-corrected chi connectivity index (χ3v) is 5.78. The fraction of sp³-hybridized carbons (Fsp3) is 0.400. The third-order valence-electron chi connectivity index (χ3n) is 4.31. The first-order valence-corrected chi connectivity index (χ1v) is 10.3. The number of nitrogens with one attached hydrogen (secondary N) is 1. The van der Waals surface area contributed by atoms with E-state index in [0.717, 1.165) is 24.0 Å². The lowest BCUT2D eigenvalue weighted by Gasteiger charge is -2.16. The molecule has 2 rings (SSSR count). The number of benzene rings is 2. The van der Waals surface area contributed by atoms with Crippen LogP contribution in [0.4, 0.5) is 0 Å². The molecule has 0 aliphatic carbocycles. The van der Waals surface area contributed by atoms with Crippen molar-refractivity contribution in [2.45, 2.75) is 43.4 Å². The molecule has 4 nitrogen and oxygen atoms in total. The smallest absolute Gasteiger partial charge is 0.240 e. The number of aliphatic hydroxyl groups excluding tert-OH is 1. The highest BCUT2D eigenvalue weighted by molar-refractivity contribution is 7.89. The van der Waals surface area contributed by atoms with E-state index in [4.69, 9.17) is 0 Å². The Kier molecular flexibility index (Phi) is 7.62. The summed E-state index contributed by atoms with van der Waals surface area (Å²) >= 11 is 0. The molecule has 0 aliphatic heterocycles. The molecule has 136 valence electrons. The molecule has 2 aromatic rings. The normalized spacial score (nSPS) is 12.9. The summed E-state index contributed by atoms with van der Waals surface area (Å²) in [5.41, 5.74) is 2.27. The van der Waals surface area contributed by atoms with E-state index in [0.29, 0.717) is 24.3 Å². The first-order chi connectivity index (χ1) is 12.1. The molecule has 5 heteroatoms. The van der Waals surface area contributed by atoms with Gasteiger partial charge in [0.05, 0.1) is 4.90 Å². The first kappa shape index (κ1) is 19.6. The zero-order valence-electron chi connectivity index (χ0n) is 14.7. The number of aliphatic hydroxyl groups is 1. The fourth-order valence-corrected chi connectivity index (χ4v) is 3.98. The summed E-state index contributed by atoms with van der Waals surface area (Å²) < 4.78 is 27.5. The standard InChI is InChI=1S/C20H27NO3S/c1-2-6-17-9-11-20(12-10-17)25(23,24)21-15-13-19(14-16-22)18-7-4-3-5-8-18/h3-5,7-12,19,21-22H,2,6,13-16H2,1H3. The summed E-state index contributed by atoms with van der Waals surface area (Å²) in [5.74, 6) is 0.140. The largest absolute Gasteiger partial charge is 0.396 e. The molecular weight excluding hydrogens is 334 g/mol. The van der Waals surface area contributed by atoms with Crippen molar-refractivity contribution in [3.63, 3.8) is 0 Å². The molecule has 0 spiro atoms. The summed E-state index contributed by atoms with van der Waals surface area (Å²) in [5, 5.41) is 9.27. The van der Waals surface area contributed by atoms with E-state index in [1.54, 1.807) is 12.1 Å². The maximum Gasteiger partial charge on any atom is 0.240 e. The van der Waals surface area contributed by atoms with Gasteiger partial charge in [0.1, 0.15) is 0 Å². The molecule has 0 bridgehead atoms. The van der Waals surface area contributed by atoms with Gasteiger partial charge in [0, 0.05) is 13.2 Å². The number of hydrogen-bond acceptors (Lipinski definition) is 3. The van der Waals surface area contributed by atoms with E-state index in [2.05, 4.69) is 11.6 Å². The van der Waals surface area contributed by atoms with Crippen LogP contribution in [0.25, 0.3) is 0 Å². The SMILES string of the molecule is CCCc1ccc(S(=O)(=O)NCCC(CCO)c2ccccc2)cc1. The van der Waals surface area contributed by atoms with Gasteiger partial charge in [0.25, 0.3) is 0 Å². The second kappa shape index (κ2) is 9.70. The van der Waals surface area contributed by atoms with E-state index < -0.39 is 10.0 Å². The zero-order chi connectivity index (χ0) is 18.1. The van der Waals surface area contributed by atoms with Gasteiger partial charge in [-0.2, -0.15) is 0 Å². The molecule has 0 aliphatic rings. The summed E-state index contributed by atoms with van der Waals surface area (Å²) in [6.07, 6.45) is 3.26. The lowest BCUT2D eigenvalue weighted by Crippen LogP contribution is -2.26. The maximum atomic E-state index is 12.4. The maximum absolute atomic E-state index is 12.4. The highest BCUT2D eigenvalue weighted by atomic mass is 32.2. The molecule has 0 saturated carbocycles. The molecule has 0 aromatic heterocycles. The molecule has 2 N–H and O–H groups in total. The van der Waals surface area contributed by atoms with Gasteiger partial charge in [0.2, 0.25) is 10.0 Å². The minimum Gasteiger partial charge on any atom is -0.396 e. The van der Waals surface area contributed by atoms with E-state index >= 15 is 0 Å². The molecule has 0 fully saturated rings. The molecule has 25 heavy (non-hydrogen) atoms. The van der Waals surface area contributed by atoms with E-state index in [-0.39, 0.29) is 12.5 Å². The Morgan fingerprint density at radius 1 is 1.00 bits per heavy atom. The molecule has 0 radical (unpaired) electrons. The van der Waals surface area contributed by atoms with Gasteiger partial charge in [-0.25, -0.2) is 13.1 Å². The number of rotatable bonds is 10. The van der Waals surface area contributed by atoms with Gasteiger partial charge in [0.15, 0.2) is 0 Å². The summed E-state index contributed by atoms with van der Waals surface area (Å²) in [7, 11) is -3.50. The Labute approximate surface area is 151 Å². The molecular formula is C20H27NO3S. The second-order valence-electron chi connectivity index (χ2n) is 6.20. The predicted octanol–water partition coefficient (Wildman–Crippen LogP) is 3.47. The summed E-state index contributed by atoms with van der Waals surface area (Å²) in [6.45, 7) is 2.53. The van der Waals surface area contributed by atoms with Gasteiger partial charge in [-0.15, -0.1) is 0 Å². The topological polar surface area (TPSA) is 66.4 Å². The van der Waals surface area contributed by atoms with Crippen molar-refractivity contribution in [1.29, 1.82) is 0 Å². The Morgan fingerprint density at radius 3 is 2.28 bits per heavy atom. The highest BCUT2D eigenvalue weighted by Gasteiger charge is 2.16. The lowest BCUT2D eigenvalue weighted by atomic mass is 9.93. The Balaban J connectivity index is 1.96. The van der Waals surface area contributed by atoms with Crippen molar-refractivity contribution in [2.75, 3.05) is 13.2 Å². The molecule has 0 heterocycles. The van der Waals surface area contributed by atoms with Crippen molar-refractivity contribution in [1.82, 2.24) is 4.72 Å². The number of aryl methyl sites for hydroxylation is 1. The van der Waals surface area contributed by atoms with Crippen LogP contribution in [-0.2, 0) is 16.4 Å². The van der Waals surface area contributed by atoms with Gasteiger partial charge < -0.3 is 5.11 Å². The van der Waals surface area contributed by atoms with Crippen molar-refractivity contribution < 1.29 is 13.5 Å². The van der Waals surface area contributed by atoms with Crippen molar-refractivity contribution in [3.05, 3.63) is 65.7 Å². The summed E-state index contributed by atoms with van der Waals surface area (Å²) in [4.78, 5) is 0.297. The molecule has 1 atom stereocenters. The van der Waals surface area contributed by atoms with Crippen molar-refractivity contribution >= 4 is 10.0 Å². The quantitative estimate of drug-likeness (QED) is 0.681. The second-order valence-corrected chi connectivity index (χ2v) is 7.97. The third kappa shape index (κ3) is 5.96. The Hall–Kier alpha value is -1.69. The van der Waals surface area contributed by atoms with E-state index in [1.165, 1.54) is 0 Å². The number of sulfonamides is 1. The minimum absolute atomic E-state index is 0.0885. The predicted molar refractivity (Wildman–Crippen MR) is 101 cm³/mol. The average molecular weight is 362 g/mol. The highest BCUT2D eigenvalue weighted by Crippen LogP contribution is 2.22. The van der Waals surface area contributed by atoms with E-state index in [9.17, 15) is 13.5 Å². The molecule has 2 aromatic carbocycles. The van der Waals surface area contributed by atoms with Gasteiger partial charge in [-0.1, -0.05) is 55.8 Å². The van der Waals surface area contributed by atoms with Crippen LogP contribution in [0.15, 0.2) is 59.5 Å². The lowest BCUT2D eigenvalue weighted by molar-refractivity contribution is 0.273. The van der Waals surface area contributed by atoms with Crippen LogP contribution < -0.4 is 4.72 Å². The summed E-state index contributed by atoms with van der Waals surface area (Å²) in [6, 6.07) is 17.0. The van der Waals surface area contributed by atoms with Crippen LogP contribution in [-0.4, -0.2) is 26.7 Å². The fourth-order valence-electron chi connectivity index (χ4n) is 2.93. The monoisotopic (exact) mass is 361 g/mol. The van der Waals surface area contributed by atoms with Crippen molar-refractivity contribution in [3.8, 4) is 0 Å². The van der Waals surface area contributed by atoms with Gasteiger partial charge in [-0.3, -0.25) is 0 Å². The molecule has 0 saturated heterocycles. The number of hydrogen-bond donors (Lipinski definition) is 2. The van der Waals surface area contributed by atoms with E-state index in [1.807, 2.05) is 42.5 Å². The first-order valence-electron chi connectivity index (χ1n) is 8.81. The van der Waals surface area contributed by atoms with Crippen LogP contribution in [0.5, 0.6) is 0 Å². The van der Waals surface area contributed by atoms with Crippen LogP contribution >= 0.6 is 0 Å². The zero-order valence-corrected chi connectivity index (χ0v) is 15.5. The average Bonchev–Trinajstić information content (AvgIpc) is 2.62. The van der Waals surface area contributed by atoms with Gasteiger partial charge in [-0.05, 0) is 48.4 Å². The molecule has 1 unspecified atom stereocenters. The molecule has 0 amide bonds. The van der Waals surface area contributed by atoms with Crippen LogP contribution in [0, 0.1) is 0 Å². The van der Waals surface area contributed by atoms with Crippen LogP contribution in [0.3, 0.4) is 0 Å².